The summed E-state index contributed by atoms with van der Waals surface area (Å²) in [7, 11) is -1.81. The van der Waals surface area contributed by atoms with Crippen LogP contribution in [0.25, 0.3) is 10.9 Å². The van der Waals surface area contributed by atoms with Gasteiger partial charge in [0.25, 0.3) is 0 Å². The van der Waals surface area contributed by atoms with E-state index >= 15 is 0 Å². The van der Waals surface area contributed by atoms with Crippen LogP contribution in [-0.2, 0) is 17.1 Å². The number of aromatic nitrogens is 4. The lowest BCUT2D eigenvalue weighted by atomic mass is 10.2. The zero-order valence-corrected chi connectivity index (χ0v) is 16.6. The van der Waals surface area contributed by atoms with Crippen molar-refractivity contribution < 1.29 is 8.42 Å². The van der Waals surface area contributed by atoms with E-state index in [4.69, 9.17) is 5.14 Å². The number of nitrogens with one attached hydrogen (secondary N) is 2. The van der Waals surface area contributed by atoms with Gasteiger partial charge in [-0.15, -0.1) is 0 Å². The first-order chi connectivity index (χ1) is 13.8. The van der Waals surface area contributed by atoms with Gasteiger partial charge in [0.2, 0.25) is 16.0 Å². The van der Waals surface area contributed by atoms with E-state index in [0.717, 1.165) is 22.3 Å². The molecule has 0 amide bonds. The molecule has 0 aliphatic heterocycles. The van der Waals surface area contributed by atoms with Crippen molar-refractivity contribution >= 4 is 44.1 Å². The molecular weight excluding hydrogens is 390 g/mol. The average Bonchev–Trinajstić information content (AvgIpc) is 2.95. The molecule has 4 rings (SSSR count). The Balaban J connectivity index is 1.53. The molecule has 0 bridgehead atoms. The number of primary sulfonamides is 1. The highest BCUT2D eigenvalue weighted by atomic mass is 32.2. The molecule has 0 fully saturated rings. The second kappa shape index (κ2) is 7.15. The van der Waals surface area contributed by atoms with Gasteiger partial charge in [0.1, 0.15) is 5.82 Å². The molecule has 0 radical (unpaired) electrons. The number of hydrogen-bond acceptors (Lipinski definition) is 7. The summed E-state index contributed by atoms with van der Waals surface area (Å²) in [4.78, 5) is 8.67. The Morgan fingerprint density at radius 3 is 2.45 bits per heavy atom. The normalized spacial score (nSPS) is 11.6. The van der Waals surface area contributed by atoms with Gasteiger partial charge in [0.05, 0.1) is 10.4 Å². The molecule has 0 aliphatic carbocycles. The lowest BCUT2D eigenvalue weighted by Crippen LogP contribution is -2.11. The van der Waals surface area contributed by atoms with Gasteiger partial charge in [-0.25, -0.2) is 18.5 Å². The van der Waals surface area contributed by atoms with Crippen molar-refractivity contribution in [3.05, 3.63) is 60.4 Å². The zero-order chi connectivity index (χ0) is 20.6. The molecule has 9 nitrogen and oxygen atoms in total. The van der Waals surface area contributed by atoms with E-state index in [1.165, 1.54) is 12.1 Å². The first-order valence-corrected chi connectivity index (χ1v) is 10.3. The fourth-order valence-electron chi connectivity index (χ4n) is 2.90. The maximum atomic E-state index is 11.3. The van der Waals surface area contributed by atoms with Gasteiger partial charge < -0.3 is 10.6 Å². The summed E-state index contributed by atoms with van der Waals surface area (Å²) in [6.07, 6.45) is 1.62. The van der Waals surface area contributed by atoms with Crippen LogP contribution in [0, 0.1) is 6.92 Å². The first-order valence-electron chi connectivity index (χ1n) is 8.73. The van der Waals surface area contributed by atoms with Crippen LogP contribution < -0.4 is 15.8 Å². The second-order valence-electron chi connectivity index (χ2n) is 6.53. The monoisotopic (exact) mass is 409 g/mol. The molecule has 0 aliphatic rings. The molecule has 10 heteroatoms. The van der Waals surface area contributed by atoms with E-state index in [2.05, 4.69) is 25.7 Å². The highest BCUT2D eigenvalue weighted by molar-refractivity contribution is 7.89. The molecule has 29 heavy (non-hydrogen) atoms. The van der Waals surface area contributed by atoms with Crippen molar-refractivity contribution in [2.24, 2.45) is 12.2 Å². The highest BCUT2D eigenvalue weighted by Gasteiger charge is 2.08. The highest BCUT2D eigenvalue weighted by Crippen LogP contribution is 2.24. The van der Waals surface area contributed by atoms with Crippen LogP contribution in [0.5, 0.6) is 0 Å². The maximum absolute atomic E-state index is 11.3. The number of nitrogens with two attached hydrogens (primary N) is 1. The summed E-state index contributed by atoms with van der Waals surface area (Å²) in [5.74, 6) is 0.976. The summed E-state index contributed by atoms with van der Waals surface area (Å²) < 4.78 is 24.5. The maximum Gasteiger partial charge on any atom is 0.238 e. The molecule has 0 saturated heterocycles. The number of benzene rings is 2. The van der Waals surface area contributed by atoms with E-state index in [1.54, 1.807) is 24.4 Å². The van der Waals surface area contributed by atoms with Gasteiger partial charge in [0, 0.05) is 35.7 Å². The van der Waals surface area contributed by atoms with Crippen LogP contribution >= 0.6 is 0 Å². The molecule has 4 N–H and O–H groups in total. The molecule has 0 saturated carbocycles. The van der Waals surface area contributed by atoms with Gasteiger partial charge in [-0.2, -0.15) is 10.1 Å². The van der Waals surface area contributed by atoms with Crippen molar-refractivity contribution in [3.8, 4) is 0 Å². The predicted molar refractivity (Wildman–Crippen MR) is 112 cm³/mol. The smallest absolute Gasteiger partial charge is 0.238 e. The van der Waals surface area contributed by atoms with Crippen LogP contribution in [0.2, 0.25) is 0 Å². The lowest BCUT2D eigenvalue weighted by Gasteiger charge is -2.09. The Morgan fingerprint density at radius 1 is 1.00 bits per heavy atom. The summed E-state index contributed by atoms with van der Waals surface area (Å²) in [6, 6.07) is 13.7. The fraction of sp³-hybridized carbons (Fsp3) is 0.105. The molecule has 2 aromatic heterocycles. The van der Waals surface area contributed by atoms with E-state index in [0.29, 0.717) is 17.5 Å². The van der Waals surface area contributed by atoms with Crippen LogP contribution in [-0.4, -0.2) is 28.2 Å². The fourth-order valence-corrected chi connectivity index (χ4v) is 3.42. The molecule has 4 aromatic rings. The van der Waals surface area contributed by atoms with Crippen LogP contribution in [0.1, 0.15) is 5.69 Å². The minimum atomic E-state index is -3.73. The van der Waals surface area contributed by atoms with Crippen molar-refractivity contribution in [1.29, 1.82) is 0 Å². The quantitative estimate of drug-likeness (QED) is 0.462. The predicted octanol–water partition coefficient (Wildman–Crippen LogP) is 2.81. The van der Waals surface area contributed by atoms with E-state index in [-0.39, 0.29) is 4.90 Å². The zero-order valence-electron chi connectivity index (χ0n) is 15.8. The molecule has 148 valence electrons. The third kappa shape index (κ3) is 4.03. The van der Waals surface area contributed by atoms with Gasteiger partial charge >= 0.3 is 0 Å². The molecule has 2 heterocycles. The molecular formula is C19H19N7O2S. The van der Waals surface area contributed by atoms with Gasteiger partial charge in [-0.05, 0) is 55.5 Å². The van der Waals surface area contributed by atoms with Crippen molar-refractivity contribution in [1.82, 2.24) is 19.7 Å². The third-order valence-electron chi connectivity index (χ3n) is 4.50. The van der Waals surface area contributed by atoms with Crippen molar-refractivity contribution in [2.45, 2.75) is 11.8 Å². The number of fused-ring (bicyclic) bond motifs is 1. The van der Waals surface area contributed by atoms with E-state index in [9.17, 15) is 8.42 Å². The Labute approximate surface area is 167 Å². The largest absolute Gasteiger partial charge is 0.340 e. The molecule has 0 spiro atoms. The Hall–Kier alpha value is -3.50. The summed E-state index contributed by atoms with van der Waals surface area (Å²) in [5.41, 5.74) is 3.50. The van der Waals surface area contributed by atoms with E-state index in [1.807, 2.05) is 36.9 Å². The molecule has 0 unspecified atom stereocenters. The lowest BCUT2D eigenvalue weighted by molar-refractivity contribution is 0.598. The Bertz CT molecular complexity index is 1300. The SMILES string of the molecule is Cc1c2ccc(Nc3ccnc(Nc4ccc(S(N)(=O)=O)cc4)n3)cc2nn1C. The third-order valence-corrected chi connectivity index (χ3v) is 5.43. The summed E-state index contributed by atoms with van der Waals surface area (Å²) >= 11 is 0. The minimum Gasteiger partial charge on any atom is -0.340 e. The average molecular weight is 409 g/mol. The minimum absolute atomic E-state index is 0.0412. The van der Waals surface area contributed by atoms with Gasteiger partial charge in [-0.1, -0.05) is 0 Å². The topological polar surface area (TPSA) is 128 Å². The number of anilines is 4. The Kier molecular flexibility index (Phi) is 4.65. The first kappa shape index (κ1) is 18.8. The van der Waals surface area contributed by atoms with Crippen molar-refractivity contribution in [3.63, 3.8) is 0 Å². The number of nitrogens with zero attached hydrogens (tertiary/aromatic N) is 4. The number of rotatable bonds is 5. The number of aryl methyl sites for hydroxylation is 2. The molecule has 0 atom stereocenters. The number of hydrogen-bond donors (Lipinski definition) is 3. The van der Waals surface area contributed by atoms with Crippen LogP contribution in [0.3, 0.4) is 0 Å². The van der Waals surface area contributed by atoms with Crippen LogP contribution in [0.4, 0.5) is 23.1 Å². The van der Waals surface area contributed by atoms with Gasteiger partial charge in [0.15, 0.2) is 0 Å². The standard InChI is InChI=1S/C19H19N7O2S/c1-12-16-8-5-14(11-17(16)25-26(12)2)22-18-9-10-21-19(24-18)23-13-3-6-15(7-4-13)29(20,27)28/h3-11H,1-2H3,(H2,20,27,28)(H2,21,22,23,24). The summed E-state index contributed by atoms with van der Waals surface area (Å²) in [5, 5.41) is 17.0. The van der Waals surface area contributed by atoms with Gasteiger partial charge in [-0.3, -0.25) is 4.68 Å². The van der Waals surface area contributed by atoms with Crippen molar-refractivity contribution in [2.75, 3.05) is 10.6 Å². The Morgan fingerprint density at radius 2 is 1.72 bits per heavy atom. The second-order valence-corrected chi connectivity index (χ2v) is 8.09. The molecule has 2 aromatic carbocycles. The van der Waals surface area contributed by atoms with E-state index < -0.39 is 10.0 Å². The summed E-state index contributed by atoms with van der Waals surface area (Å²) in [6.45, 7) is 2.03. The van der Waals surface area contributed by atoms with Crippen LogP contribution in [0.15, 0.2) is 59.6 Å². The number of sulfonamides is 1.